The van der Waals surface area contributed by atoms with Crippen molar-refractivity contribution in [1.82, 2.24) is 0 Å². The number of carboxylic acids is 1. The van der Waals surface area contributed by atoms with Gasteiger partial charge in [0.15, 0.2) is 0 Å². The van der Waals surface area contributed by atoms with Gasteiger partial charge in [-0.25, -0.2) is 4.79 Å². The molecule has 0 saturated heterocycles. The quantitative estimate of drug-likeness (QED) is 0.819. The van der Waals surface area contributed by atoms with Crippen molar-refractivity contribution in [2.45, 2.75) is 20.5 Å². The van der Waals surface area contributed by atoms with Gasteiger partial charge in [0.05, 0.1) is 7.11 Å². The van der Waals surface area contributed by atoms with E-state index >= 15 is 0 Å². The van der Waals surface area contributed by atoms with Crippen LogP contribution < -0.4 is 9.47 Å². The summed E-state index contributed by atoms with van der Waals surface area (Å²) in [6.07, 6.45) is 2.65. The van der Waals surface area contributed by atoms with Crippen molar-refractivity contribution in [2.24, 2.45) is 0 Å². The van der Waals surface area contributed by atoms with Crippen LogP contribution in [0.5, 0.6) is 11.5 Å². The van der Waals surface area contributed by atoms with Gasteiger partial charge in [-0.2, -0.15) is 0 Å². The minimum atomic E-state index is -0.978. The third-order valence-electron chi connectivity index (χ3n) is 3.50. The molecular formula is C19H20O4. The molecule has 0 saturated carbocycles. The highest BCUT2D eigenvalue weighted by Crippen LogP contribution is 2.26. The van der Waals surface area contributed by atoms with E-state index in [2.05, 4.69) is 0 Å². The van der Waals surface area contributed by atoms with E-state index in [-0.39, 0.29) is 0 Å². The predicted octanol–water partition coefficient (Wildman–Crippen LogP) is 3.99. The maximum Gasteiger partial charge on any atom is 0.328 e. The van der Waals surface area contributed by atoms with E-state index in [9.17, 15) is 4.79 Å². The summed E-state index contributed by atoms with van der Waals surface area (Å²) < 4.78 is 11.3. The molecule has 0 amide bonds. The van der Waals surface area contributed by atoms with Gasteiger partial charge >= 0.3 is 5.97 Å². The van der Waals surface area contributed by atoms with Crippen LogP contribution in [0, 0.1) is 13.8 Å². The summed E-state index contributed by atoms with van der Waals surface area (Å²) in [7, 11) is 1.60. The molecule has 2 rings (SSSR count). The minimum absolute atomic E-state index is 0.351. The second-order valence-electron chi connectivity index (χ2n) is 5.25. The lowest BCUT2D eigenvalue weighted by molar-refractivity contribution is -0.131. The number of ether oxygens (including phenoxy) is 2. The summed E-state index contributed by atoms with van der Waals surface area (Å²) in [6.45, 7) is 4.36. The summed E-state index contributed by atoms with van der Waals surface area (Å²) in [5.41, 5.74) is 3.80. The Balaban J connectivity index is 2.24. The molecule has 0 aliphatic rings. The van der Waals surface area contributed by atoms with Crippen LogP contribution in [0.2, 0.25) is 0 Å². The predicted molar refractivity (Wildman–Crippen MR) is 89.9 cm³/mol. The summed E-state index contributed by atoms with van der Waals surface area (Å²) >= 11 is 0. The summed E-state index contributed by atoms with van der Waals surface area (Å²) in [4.78, 5) is 10.6. The maximum atomic E-state index is 10.6. The fraction of sp³-hybridized carbons (Fsp3) is 0.211. The van der Waals surface area contributed by atoms with Crippen LogP contribution in [0.1, 0.15) is 22.3 Å². The largest absolute Gasteiger partial charge is 0.496 e. The molecular weight excluding hydrogens is 292 g/mol. The van der Waals surface area contributed by atoms with Crippen molar-refractivity contribution in [1.29, 1.82) is 0 Å². The average Bonchev–Trinajstić information content (AvgIpc) is 2.52. The van der Waals surface area contributed by atoms with Crippen LogP contribution in [0.15, 0.2) is 42.5 Å². The maximum absolute atomic E-state index is 10.6. The number of aliphatic carboxylic acids is 1. The van der Waals surface area contributed by atoms with E-state index in [0.717, 1.165) is 34.1 Å². The normalized spacial score (nSPS) is 10.7. The van der Waals surface area contributed by atoms with Gasteiger partial charge in [-0.15, -0.1) is 0 Å². The molecule has 0 atom stereocenters. The molecule has 0 aliphatic heterocycles. The van der Waals surface area contributed by atoms with Gasteiger partial charge in [-0.1, -0.05) is 24.3 Å². The van der Waals surface area contributed by atoms with Crippen molar-refractivity contribution >= 4 is 12.0 Å². The number of aryl methyl sites for hydroxylation is 2. The molecule has 0 spiro atoms. The number of hydrogen-bond donors (Lipinski definition) is 1. The van der Waals surface area contributed by atoms with Gasteiger partial charge in [0.2, 0.25) is 0 Å². The number of benzene rings is 2. The fourth-order valence-corrected chi connectivity index (χ4v) is 2.36. The zero-order chi connectivity index (χ0) is 16.8. The lowest BCUT2D eigenvalue weighted by Crippen LogP contribution is -2.01. The zero-order valence-corrected chi connectivity index (χ0v) is 13.5. The number of methoxy groups -OCH3 is 1. The molecule has 0 fully saturated rings. The molecule has 23 heavy (non-hydrogen) atoms. The van der Waals surface area contributed by atoms with Crippen LogP contribution >= 0.6 is 0 Å². The molecule has 0 heterocycles. The molecule has 120 valence electrons. The van der Waals surface area contributed by atoms with Gasteiger partial charge in [0.25, 0.3) is 0 Å². The standard InChI is InChI=1S/C19H20O4/c1-13-5-4-6-14(2)19(13)23-12-16-11-15(8-10-18(20)21)7-9-17(16)22-3/h4-11H,12H2,1-3H3,(H,20,21)/b10-8+. The Morgan fingerprint density at radius 2 is 1.87 bits per heavy atom. The van der Waals surface area contributed by atoms with Crippen molar-refractivity contribution < 1.29 is 19.4 Å². The lowest BCUT2D eigenvalue weighted by Gasteiger charge is -2.14. The zero-order valence-electron chi connectivity index (χ0n) is 13.5. The molecule has 4 heteroatoms. The first-order valence-electron chi connectivity index (χ1n) is 7.28. The van der Waals surface area contributed by atoms with Gasteiger partial charge in [-0.05, 0) is 48.7 Å². The van der Waals surface area contributed by atoms with E-state index < -0.39 is 5.97 Å². The Kier molecular flexibility index (Phi) is 5.41. The van der Waals surface area contributed by atoms with Gasteiger partial charge in [0, 0.05) is 11.6 Å². The molecule has 0 aliphatic carbocycles. The monoisotopic (exact) mass is 312 g/mol. The average molecular weight is 312 g/mol. The molecule has 2 aromatic rings. The third kappa shape index (κ3) is 4.36. The molecule has 0 radical (unpaired) electrons. The lowest BCUT2D eigenvalue weighted by atomic mass is 10.1. The Labute approximate surface area is 136 Å². The van der Waals surface area contributed by atoms with E-state index in [1.165, 1.54) is 0 Å². The van der Waals surface area contributed by atoms with E-state index in [0.29, 0.717) is 12.4 Å². The summed E-state index contributed by atoms with van der Waals surface area (Å²) in [5, 5.41) is 8.72. The van der Waals surface area contributed by atoms with E-state index in [1.54, 1.807) is 19.3 Å². The molecule has 0 aromatic heterocycles. The minimum Gasteiger partial charge on any atom is -0.496 e. The molecule has 4 nitrogen and oxygen atoms in total. The van der Waals surface area contributed by atoms with E-state index in [4.69, 9.17) is 14.6 Å². The van der Waals surface area contributed by atoms with Crippen molar-refractivity contribution in [3.8, 4) is 11.5 Å². The van der Waals surface area contributed by atoms with Crippen molar-refractivity contribution in [3.05, 3.63) is 64.7 Å². The summed E-state index contributed by atoms with van der Waals surface area (Å²) in [6, 6.07) is 11.5. The third-order valence-corrected chi connectivity index (χ3v) is 3.50. The smallest absolute Gasteiger partial charge is 0.328 e. The molecule has 0 bridgehead atoms. The molecule has 2 aromatic carbocycles. The second-order valence-corrected chi connectivity index (χ2v) is 5.25. The topological polar surface area (TPSA) is 55.8 Å². The number of rotatable bonds is 6. The summed E-state index contributed by atoms with van der Waals surface area (Å²) in [5.74, 6) is 0.596. The number of carboxylic acid groups (broad SMARTS) is 1. The number of para-hydroxylation sites is 1. The van der Waals surface area contributed by atoms with Crippen molar-refractivity contribution in [3.63, 3.8) is 0 Å². The first-order valence-corrected chi connectivity index (χ1v) is 7.28. The van der Waals surface area contributed by atoms with E-state index in [1.807, 2.05) is 44.2 Å². The van der Waals surface area contributed by atoms with Crippen LogP contribution in [0.4, 0.5) is 0 Å². The molecule has 1 N–H and O–H groups in total. The fourth-order valence-electron chi connectivity index (χ4n) is 2.36. The number of hydrogen-bond acceptors (Lipinski definition) is 3. The van der Waals surface area contributed by atoms with Crippen LogP contribution in [-0.2, 0) is 11.4 Å². The first-order chi connectivity index (χ1) is 11.0. The first kappa shape index (κ1) is 16.6. The van der Waals surface area contributed by atoms with Crippen LogP contribution in [0.3, 0.4) is 0 Å². The Morgan fingerprint density at radius 3 is 2.48 bits per heavy atom. The highest BCUT2D eigenvalue weighted by Gasteiger charge is 2.08. The van der Waals surface area contributed by atoms with Crippen LogP contribution in [0.25, 0.3) is 6.08 Å². The Bertz CT molecular complexity index is 712. The van der Waals surface area contributed by atoms with Gasteiger partial charge in [0.1, 0.15) is 18.1 Å². The van der Waals surface area contributed by atoms with Crippen LogP contribution in [-0.4, -0.2) is 18.2 Å². The van der Waals surface area contributed by atoms with Gasteiger partial charge < -0.3 is 14.6 Å². The molecule has 0 unspecified atom stereocenters. The highest BCUT2D eigenvalue weighted by molar-refractivity contribution is 5.85. The number of carbonyl (C=O) groups is 1. The van der Waals surface area contributed by atoms with Gasteiger partial charge in [-0.3, -0.25) is 0 Å². The Morgan fingerprint density at radius 1 is 1.17 bits per heavy atom. The Hall–Kier alpha value is -2.75. The SMILES string of the molecule is COc1ccc(/C=C/C(=O)O)cc1COc1c(C)cccc1C. The van der Waals surface area contributed by atoms with Crippen molar-refractivity contribution in [2.75, 3.05) is 7.11 Å². The second kappa shape index (κ2) is 7.49. The highest BCUT2D eigenvalue weighted by atomic mass is 16.5.